The zero-order chi connectivity index (χ0) is 19.4. The van der Waals surface area contributed by atoms with Crippen molar-refractivity contribution in [3.63, 3.8) is 0 Å². The summed E-state index contributed by atoms with van der Waals surface area (Å²) < 4.78 is 26.7. The van der Waals surface area contributed by atoms with Gasteiger partial charge >= 0.3 is 6.03 Å². The summed E-state index contributed by atoms with van der Waals surface area (Å²) in [5, 5.41) is 6.18. The molecule has 1 aliphatic rings. The summed E-state index contributed by atoms with van der Waals surface area (Å²) in [4.78, 5) is 14.3. The van der Waals surface area contributed by atoms with Gasteiger partial charge in [0.05, 0.1) is 0 Å². The zero-order valence-electron chi connectivity index (χ0n) is 15.6. The van der Waals surface area contributed by atoms with Gasteiger partial charge in [0, 0.05) is 30.9 Å². The zero-order valence-corrected chi connectivity index (χ0v) is 15.6. The first kappa shape index (κ1) is 19.3. The summed E-state index contributed by atoms with van der Waals surface area (Å²) >= 11 is 0. The minimum absolute atomic E-state index is 0.146. The van der Waals surface area contributed by atoms with Crippen molar-refractivity contribution in [1.29, 1.82) is 0 Å². The maximum atomic E-state index is 13.4. The molecule has 0 unspecified atom stereocenters. The maximum Gasteiger partial charge on any atom is 0.321 e. The predicted molar refractivity (Wildman–Crippen MR) is 104 cm³/mol. The highest BCUT2D eigenvalue weighted by Crippen LogP contribution is 2.25. The van der Waals surface area contributed by atoms with Crippen LogP contribution in [-0.4, -0.2) is 37.1 Å². The Bertz CT molecular complexity index is 766. The van der Waals surface area contributed by atoms with E-state index in [0.717, 1.165) is 31.7 Å². The number of nitrogens with zero attached hydrogens (tertiary/aromatic N) is 1. The Morgan fingerprint density at radius 3 is 2.11 bits per heavy atom. The lowest BCUT2D eigenvalue weighted by molar-refractivity contribution is 0.178. The minimum Gasteiger partial charge on any atom is -0.325 e. The van der Waals surface area contributed by atoms with Crippen molar-refractivity contribution in [2.75, 3.05) is 19.4 Å². The second kappa shape index (κ2) is 8.48. The molecule has 0 atom stereocenters. The van der Waals surface area contributed by atoms with Crippen LogP contribution in [0.3, 0.4) is 0 Å². The van der Waals surface area contributed by atoms with Crippen molar-refractivity contribution in [2.24, 2.45) is 0 Å². The number of anilines is 1. The number of nitrogens with one attached hydrogen (secondary N) is 2. The fourth-order valence-corrected chi connectivity index (χ4v) is 3.60. The number of rotatable bonds is 4. The third-order valence-electron chi connectivity index (χ3n) is 5.31. The molecule has 0 aromatic heterocycles. The molecule has 4 nitrogen and oxygen atoms in total. The molecular formula is C21H25F2N3O. The number of hydrogen-bond acceptors (Lipinski definition) is 2. The Hall–Kier alpha value is -2.47. The Labute approximate surface area is 158 Å². The number of carbonyl (C=O) groups excluding carboxylic acids is 1. The Kier molecular flexibility index (Phi) is 6.06. The van der Waals surface area contributed by atoms with Crippen LogP contribution in [-0.2, 0) is 0 Å². The number of amides is 2. The lowest BCUT2D eigenvalue weighted by Gasteiger charge is -2.34. The highest BCUT2D eigenvalue weighted by atomic mass is 19.1. The van der Waals surface area contributed by atoms with E-state index in [9.17, 15) is 13.6 Å². The minimum atomic E-state index is -0.614. The molecule has 144 valence electrons. The fraction of sp³-hybridized carbons (Fsp3) is 0.381. The van der Waals surface area contributed by atoms with Crippen LogP contribution in [0.25, 0.3) is 11.1 Å². The Morgan fingerprint density at radius 1 is 0.963 bits per heavy atom. The Morgan fingerprint density at radius 2 is 1.56 bits per heavy atom. The monoisotopic (exact) mass is 373 g/mol. The van der Waals surface area contributed by atoms with E-state index in [2.05, 4.69) is 10.6 Å². The van der Waals surface area contributed by atoms with Crippen LogP contribution in [0, 0.1) is 11.6 Å². The molecule has 1 fully saturated rings. The maximum absolute atomic E-state index is 13.4. The summed E-state index contributed by atoms with van der Waals surface area (Å²) in [6.07, 6.45) is 4.11. The SMILES string of the molecule is CNC1CCC(N(C)C(=O)Nc2ccc(-c3cc(F)cc(F)c3)cc2)CC1. The van der Waals surface area contributed by atoms with Crippen molar-refractivity contribution in [3.8, 4) is 11.1 Å². The van der Waals surface area contributed by atoms with Gasteiger partial charge in [-0.05, 0) is 68.1 Å². The fourth-order valence-electron chi connectivity index (χ4n) is 3.60. The summed E-state index contributed by atoms with van der Waals surface area (Å²) in [5.74, 6) is -1.23. The van der Waals surface area contributed by atoms with Crippen molar-refractivity contribution in [3.05, 3.63) is 54.1 Å². The molecule has 6 heteroatoms. The van der Waals surface area contributed by atoms with Gasteiger partial charge < -0.3 is 15.5 Å². The van der Waals surface area contributed by atoms with Gasteiger partial charge in [-0.2, -0.15) is 0 Å². The predicted octanol–water partition coefficient (Wildman–Crippen LogP) is 4.63. The van der Waals surface area contributed by atoms with E-state index in [1.807, 2.05) is 14.1 Å². The number of halogens is 2. The number of carbonyl (C=O) groups is 1. The van der Waals surface area contributed by atoms with Gasteiger partial charge in [0.25, 0.3) is 0 Å². The smallest absolute Gasteiger partial charge is 0.321 e. The van der Waals surface area contributed by atoms with Crippen LogP contribution < -0.4 is 10.6 Å². The van der Waals surface area contributed by atoms with E-state index in [1.54, 1.807) is 29.2 Å². The van der Waals surface area contributed by atoms with Gasteiger partial charge in [-0.15, -0.1) is 0 Å². The second-order valence-electron chi connectivity index (χ2n) is 7.07. The summed E-state index contributed by atoms with van der Waals surface area (Å²) in [6, 6.07) is 11.0. The summed E-state index contributed by atoms with van der Waals surface area (Å²) in [7, 11) is 3.80. The number of urea groups is 1. The second-order valence-corrected chi connectivity index (χ2v) is 7.07. The summed E-state index contributed by atoms with van der Waals surface area (Å²) in [5.41, 5.74) is 1.80. The number of hydrogen-bond donors (Lipinski definition) is 2. The molecule has 2 amide bonds. The van der Waals surface area contributed by atoms with Crippen molar-refractivity contribution in [2.45, 2.75) is 37.8 Å². The summed E-state index contributed by atoms with van der Waals surface area (Å²) in [6.45, 7) is 0. The van der Waals surface area contributed by atoms with Gasteiger partial charge in [0.1, 0.15) is 11.6 Å². The lowest BCUT2D eigenvalue weighted by Crippen LogP contribution is -2.44. The van der Waals surface area contributed by atoms with Crippen LogP contribution >= 0.6 is 0 Å². The lowest BCUT2D eigenvalue weighted by atomic mass is 9.90. The molecule has 1 saturated carbocycles. The van der Waals surface area contributed by atoms with E-state index in [-0.39, 0.29) is 12.1 Å². The first-order valence-electron chi connectivity index (χ1n) is 9.24. The molecule has 0 radical (unpaired) electrons. The van der Waals surface area contributed by atoms with Crippen LogP contribution in [0.1, 0.15) is 25.7 Å². The highest BCUT2D eigenvalue weighted by Gasteiger charge is 2.25. The standard InChI is InChI=1S/C21H25F2N3O/c1-24-18-7-9-20(10-8-18)26(2)21(27)25-19-5-3-14(4-6-19)15-11-16(22)13-17(23)12-15/h3-6,11-13,18,20,24H,7-10H2,1-2H3,(H,25,27). The third-order valence-corrected chi connectivity index (χ3v) is 5.31. The van der Waals surface area contributed by atoms with Crippen LogP contribution in [0.15, 0.2) is 42.5 Å². The van der Waals surface area contributed by atoms with E-state index in [1.165, 1.54) is 12.1 Å². The van der Waals surface area contributed by atoms with Crippen LogP contribution in [0.5, 0.6) is 0 Å². The molecule has 0 aliphatic heterocycles. The molecular weight excluding hydrogens is 348 g/mol. The van der Waals surface area contributed by atoms with Crippen molar-refractivity contribution >= 4 is 11.7 Å². The van der Waals surface area contributed by atoms with Gasteiger partial charge in [0.15, 0.2) is 0 Å². The molecule has 0 bridgehead atoms. The van der Waals surface area contributed by atoms with Gasteiger partial charge in [0.2, 0.25) is 0 Å². The van der Waals surface area contributed by atoms with Gasteiger partial charge in [-0.1, -0.05) is 12.1 Å². The van der Waals surface area contributed by atoms with Gasteiger partial charge in [-0.3, -0.25) is 0 Å². The molecule has 1 aliphatic carbocycles. The first-order valence-corrected chi connectivity index (χ1v) is 9.24. The van der Waals surface area contributed by atoms with E-state index >= 15 is 0 Å². The third kappa shape index (κ3) is 4.83. The molecule has 2 aromatic carbocycles. The molecule has 0 spiro atoms. The van der Waals surface area contributed by atoms with E-state index in [0.29, 0.717) is 22.9 Å². The topological polar surface area (TPSA) is 44.4 Å². The van der Waals surface area contributed by atoms with E-state index < -0.39 is 11.6 Å². The van der Waals surface area contributed by atoms with Crippen molar-refractivity contribution < 1.29 is 13.6 Å². The Balaban J connectivity index is 1.61. The first-order chi connectivity index (χ1) is 13.0. The normalized spacial score (nSPS) is 19.6. The average Bonchev–Trinajstić information content (AvgIpc) is 2.67. The highest BCUT2D eigenvalue weighted by molar-refractivity contribution is 5.89. The molecule has 27 heavy (non-hydrogen) atoms. The average molecular weight is 373 g/mol. The molecule has 2 aromatic rings. The molecule has 0 heterocycles. The number of benzene rings is 2. The quantitative estimate of drug-likeness (QED) is 0.821. The van der Waals surface area contributed by atoms with Gasteiger partial charge in [-0.25, -0.2) is 13.6 Å². The molecule has 2 N–H and O–H groups in total. The van der Waals surface area contributed by atoms with E-state index in [4.69, 9.17) is 0 Å². The molecule has 3 rings (SSSR count). The van der Waals surface area contributed by atoms with Crippen LogP contribution in [0.4, 0.5) is 19.3 Å². The van der Waals surface area contributed by atoms with Crippen LogP contribution in [0.2, 0.25) is 0 Å². The largest absolute Gasteiger partial charge is 0.325 e. The molecule has 0 saturated heterocycles. The van der Waals surface area contributed by atoms with Crippen molar-refractivity contribution in [1.82, 2.24) is 10.2 Å².